The summed E-state index contributed by atoms with van der Waals surface area (Å²) in [5.41, 5.74) is 2.02. The Morgan fingerprint density at radius 2 is 1.98 bits per heavy atom. The summed E-state index contributed by atoms with van der Waals surface area (Å²) in [6.45, 7) is 4.82. The molecule has 4 heterocycles. The summed E-state index contributed by atoms with van der Waals surface area (Å²) in [6.07, 6.45) is 4.43. The van der Waals surface area contributed by atoms with Gasteiger partial charge >= 0.3 is 0 Å². The fourth-order valence-electron chi connectivity index (χ4n) is 7.32. The van der Waals surface area contributed by atoms with Crippen LogP contribution >= 0.6 is 0 Å². The molecule has 12 nitrogen and oxygen atoms in total. The van der Waals surface area contributed by atoms with E-state index < -0.39 is 35.3 Å². The fourth-order valence-corrected chi connectivity index (χ4v) is 7.32. The topological polar surface area (TPSA) is 152 Å². The molecule has 2 aromatic carbocycles. The van der Waals surface area contributed by atoms with Crippen LogP contribution in [0.1, 0.15) is 78.9 Å². The Morgan fingerprint density at radius 1 is 1.15 bits per heavy atom. The number of imidazole rings is 1. The molecule has 4 N–H and O–H groups in total. The highest BCUT2D eigenvalue weighted by molar-refractivity contribution is 5.95. The quantitative estimate of drug-likeness (QED) is 0.204. The van der Waals surface area contributed by atoms with Crippen LogP contribution in [0.3, 0.4) is 0 Å². The second-order valence-corrected chi connectivity index (χ2v) is 13.1. The van der Waals surface area contributed by atoms with Gasteiger partial charge in [0.2, 0.25) is 11.8 Å². The third-order valence-electron chi connectivity index (χ3n) is 10.2. The molecule has 3 aliphatic rings. The number of amides is 3. The van der Waals surface area contributed by atoms with Gasteiger partial charge in [0, 0.05) is 32.0 Å². The zero-order valence-corrected chi connectivity index (χ0v) is 27.2. The first-order chi connectivity index (χ1) is 23.2. The van der Waals surface area contributed by atoms with Crippen molar-refractivity contribution in [2.45, 2.75) is 69.1 Å². The van der Waals surface area contributed by atoms with Crippen LogP contribution in [0.15, 0.2) is 48.7 Å². The van der Waals surface area contributed by atoms with Crippen molar-refractivity contribution in [2.75, 3.05) is 19.8 Å². The lowest BCUT2D eigenvalue weighted by Gasteiger charge is -2.36. The Labute approximate surface area is 277 Å². The monoisotopic (exact) mass is 657 g/mol. The van der Waals surface area contributed by atoms with Crippen molar-refractivity contribution in [3.8, 4) is 5.75 Å². The molecule has 2 aromatic heterocycles. The largest absolute Gasteiger partial charge is 0.490 e. The number of hydrogen-bond donors (Lipinski definition) is 4. The van der Waals surface area contributed by atoms with Gasteiger partial charge in [0.1, 0.15) is 35.2 Å². The highest BCUT2D eigenvalue weighted by Crippen LogP contribution is 2.45. The van der Waals surface area contributed by atoms with E-state index in [1.807, 2.05) is 32.0 Å². The number of nitrogens with one attached hydrogen (secondary N) is 4. The average Bonchev–Trinajstić information content (AvgIpc) is 3.84. The van der Waals surface area contributed by atoms with Gasteiger partial charge in [-0.2, -0.15) is 5.10 Å². The number of aromatic nitrogens is 4. The number of fused-ring (bicyclic) bond motifs is 2. The van der Waals surface area contributed by atoms with Crippen molar-refractivity contribution < 1.29 is 28.2 Å². The average molecular weight is 658 g/mol. The fraction of sp³-hybridized carbons (Fsp3) is 0.457. The minimum atomic E-state index is -0.995. The maximum Gasteiger partial charge on any atom is 0.270 e. The van der Waals surface area contributed by atoms with Gasteiger partial charge in [0.05, 0.1) is 35.0 Å². The van der Waals surface area contributed by atoms with Gasteiger partial charge in [0.25, 0.3) is 5.91 Å². The summed E-state index contributed by atoms with van der Waals surface area (Å²) in [7, 11) is 1.68. The van der Waals surface area contributed by atoms with Crippen molar-refractivity contribution in [3.63, 3.8) is 0 Å². The highest BCUT2D eigenvalue weighted by atomic mass is 19.1. The molecule has 3 amide bonds. The number of aryl methyl sites for hydroxylation is 1. The molecule has 0 bridgehead atoms. The Kier molecular flexibility index (Phi) is 8.40. The van der Waals surface area contributed by atoms with Gasteiger partial charge in [-0.05, 0) is 81.0 Å². The molecular weight excluding hydrogens is 617 g/mol. The number of carbonyl (C=O) groups excluding carboxylic acids is 3. The van der Waals surface area contributed by atoms with E-state index in [9.17, 15) is 18.8 Å². The second kappa shape index (κ2) is 12.7. The number of ether oxygens (including phenoxy) is 2. The number of likely N-dealkylation sites (N-methyl/N-ethyl adjacent to an activating group) is 1. The van der Waals surface area contributed by atoms with Crippen LogP contribution in [0.2, 0.25) is 0 Å². The van der Waals surface area contributed by atoms with Crippen LogP contribution in [0, 0.1) is 11.7 Å². The molecule has 1 saturated carbocycles. The van der Waals surface area contributed by atoms with Crippen LogP contribution in [0.5, 0.6) is 5.75 Å². The van der Waals surface area contributed by atoms with Crippen LogP contribution in [-0.2, 0) is 26.8 Å². The van der Waals surface area contributed by atoms with Crippen molar-refractivity contribution in [1.29, 1.82) is 0 Å². The Morgan fingerprint density at radius 3 is 2.67 bits per heavy atom. The molecule has 1 aliphatic carbocycles. The lowest BCUT2D eigenvalue weighted by Crippen LogP contribution is -2.57. The standard InChI is InChI=1S/C35H40FN7O5/c1-4-37-33(45)29(20-6-5-7-20)42-34(46)35(13-15-47-18-35)21-8-10-24-25(16-21)40-31(39-24)30(41-32(44)26-12-14-38-43(26)3)28-19(2)48-27-11-9-22(36)17-23(27)28/h8-12,14,16-17,19-20,28-30H,4-7,13,15,18H2,1-3H3,(H,37,45)(H,39,40)(H,41,44)(H,42,46)/t19?,28-,29-,30+,35?/m1/s1. The lowest BCUT2D eigenvalue weighted by atomic mass is 9.76. The molecule has 1 saturated heterocycles. The molecule has 252 valence electrons. The number of benzene rings is 2. The summed E-state index contributed by atoms with van der Waals surface area (Å²) in [6, 6.07) is 10.3. The van der Waals surface area contributed by atoms with Crippen molar-refractivity contribution in [1.82, 2.24) is 35.7 Å². The number of H-pyrrole nitrogens is 1. The number of hydrogen-bond acceptors (Lipinski definition) is 7. The highest BCUT2D eigenvalue weighted by Gasteiger charge is 2.47. The minimum Gasteiger partial charge on any atom is -0.490 e. The predicted octanol–water partition coefficient (Wildman–Crippen LogP) is 3.55. The third-order valence-corrected chi connectivity index (χ3v) is 10.2. The van der Waals surface area contributed by atoms with Crippen LogP contribution in [-0.4, -0.2) is 69.4 Å². The van der Waals surface area contributed by atoms with Crippen LogP contribution in [0.25, 0.3) is 11.0 Å². The molecule has 2 aliphatic heterocycles. The molecule has 7 rings (SSSR count). The van der Waals surface area contributed by atoms with Crippen molar-refractivity contribution in [3.05, 3.63) is 77.1 Å². The zero-order chi connectivity index (χ0) is 33.6. The van der Waals surface area contributed by atoms with E-state index in [1.54, 1.807) is 25.4 Å². The minimum absolute atomic E-state index is 0.108. The molecular formula is C35H40FN7O5. The van der Waals surface area contributed by atoms with Crippen LogP contribution < -0.4 is 20.7 Å². The summed E-state index contributed by atoms with van der Waals surface area (Å²) in [5, 5.41) is 13.2. The number of halogens is 1. The molecule has 4 aromatic rings. The zero-order valence-electron chi connectivity index (χ0n) is 27.2. The van der Waals surface area contributed by atoms with E-state index in [0.29, 0.717) is 53.4 Å². The number of carbonyl (C=O) groups is 3. The first-order valence-electron chi connectivity index (χ1n) is 16.6. The summed E-state index contributed by atoms with van der Waals surface area (Å²) in [4.78, 5) is 48.9. The van der Waals surface area contributed by atoms with Gasteiger partial charge in [-0.15, -0.1) is 0 Å². The Bertz CT molecular complexity index is 1860. The maximum atomic E-state index is 14.5. The normalized spacial score (nSPS) is 23.2. The third kappa shape index (κ3) is 5.59. The van der Waals surface area contributed by atoms with E-state index in [2.05, 4.69) is 26.0 Å². The van der Waals surface area contributed by atoms with Gasteiger partial charge in [-0.3, -0.25) is 19.1 Å². The molecule has 0 radical (unpaired) electrons. The molecule has 48 heavy (non-hydrogen) atoms. The lowest BCUT2D eigenvalue weighted by molar-refractivity contribution is -0.134. The summed E-state index contributed by atoms with van der Waals surface area (Å²) in [5.74, 6) is -0.529. The van der Waals surface area contributed by atoms with Gasteiger partial charge < -0.3 is 30.4 Å². The summed E-state index contributed by atoms with van der Waals surface area (Å²) >= 11 is 0. The van der Waals surface area contributed by atoms with E-state index in [0.717, 1.165) is 24.8 Å². The molecule has 2 unspecified atom stereocenters. The van der Waals surface area contributed by atoms with Crippen molar-refractivity contribution in [2.24, 2.45) is 13.0 Å². The van der Waals surface area contributed by atoms with Crippen molar-refractivity contribution >= 4 is 28.8 Å². The van der Waals surface area contributed by atoms with E-state index in [1.165, 1.54) is 16.8 Å². The molecule has 13 heteroatoms. The maximum absolute atomic E-state index is 14.5. The molecule has 2 fully saturated rings. The number of rotatable bonds is 10. The smallest absolute Gasteiger partial charge is 0.270 e. The van der Waals surface area contributed by atoms with Gasteiger partial charge in [0.15, 0.2) is 0 Å². The Hall–Kier alpha value is -4.78. The second-order valence-electron chi connectivity index (χ2n) is 13.1. The van der Waals surface area contributed by atoms with E-state index in [4.69, 9.17) is 14.5 Å². The Balaban J connectivity index is 1.24. The number of nitrogens with zero attached hydrogens (tertiary/aromatic N) is 3. The first kappa shape index (κ1) is 31.8. The molecule has 0 spiro atoms. The van der Waals surface area contributed by atoms with Crippen LogP contribution in [0.4, 0.5) is 4.39 Å². The summed E-state index contributed by atoms with van der Waals surface area (Å²) < 4.78 is 27.9. The van der Waals surface area contributed by atoms with Gasteiger partial charge in [-0.1, -0.05) is 12.5 Å². The SMILES string of the molecule is CCNC(=O)[C@H](NC(=O)C1(c2ccc3nc([C@@H](NC(=O)c4ccnn4C)[C@H]4c5cc(F)ccc5OC4C)[nH]c3c2)CCOC1)C1CCC1. The van der Waals surface area contributed by atoms with Gasteiger partial charge in [-0.25, -0.2) is 9.37 Å². The first-order valence-corrected chi connectivity index (χ1v) is 16.6. The van der Waals surface area contributed by atoms with E-state index >= 15 is 0 Å². The number of aromatic amines is 1. The van der Waals surface area contributed by atoms with E-state index in [-0.39, 0.29) is 30.2 Å². The predicted molar refractivity (Wildman–Crippen MR) is 174 cm³/mol. The molecule has 5 atom stereocenters.